The number of carbonyl (C=O) groups excluding carboxylic acids is 4. The average molecular weight is 407 g/mol. The fourth-order valence-electron chi connectivity index (χ4n) is 3.76. The van der Waals surface area contributed by atoms with Gasteiger partial charge in [-0.25, -0.2) is 9.18 Å². The number of rotatable bonds is 5. The topological polar surface area (TPSA) is 80.8 Å². The van der Waals surface area contributed by atoms with E-state index in [0.29, 0.717) is 24.0 Å². The van der Waals surface area contributed by atoms with Crippen LogP contribution in [-0.4, -0.2) is 35.0 Å². The van der Waals surface area contributed by atoms with Crippen molar-refractivity contribution >= 4 is 23.6 Å². The first-order valence-corrected chi connectivity index (χ1v) is 9.55. The number of hydrogen-bond donors (Lipinski definition) is 0. The van der Waals surface area contributed by atoms with Crippen LogP contribution in [-0.2, 0) is 14.4 Å². The second kappa shape index (κ2) is 8.02. The molecule has 1 aliphatic carbocycles. The maximum Gasteiger partial charge on any atom is 0.331 e. The quantitative estimate of drug-likeness (QED) is 0.250. The highest BCUT2D eigenvalue weighted by atomic mass is 19.1. The van der Waals surface area contributed by atoms with Gasteiger partial charge in [0.1, 0.15) is 18.1 Å². The number of ether oxygens (including phenoxy) is 1. The summed E-state index contributed by atoms with van der Waals surface area (Å²) in [6.45, 7) is -0.444. The standard InChI is InChI=1S/C23H18FNO5/c24-16-9-5-14(6-10-16)21(27)15-7-11-17(12-8-15)30-20(26)13-25-22(28)18-3-1-2-4-19(18)23(25)29/h1-2,5-12,18-19H,3-4,13H2/t18-,19+. The summed E-state index contributed by atoms with van der Waals surface area (Å²) in [6, 6.07) is 11.1. The van der Waals surface area contributed by atoms with Crippen molar-refractivity contribution in [1.29, 1.82) is 0 Å². The number of nitrogens with zero attached hydrogens (tertiary/aromatic N) is 1. The molecule has 2 aliphatic rings. The van der Waals surface area contributed by atoms with Gasteiger partial charge in [-0.3, -0.25) is 19.3 Å². The molecule has 1 fully saturated rings. The lowest BCUT2D eigenvalue weighted by Gasteiger charge is -2.14. The minimum absolute atomic E-state index is 0.189. The number of benzene rings is 2. The van der Waals surface area contributed by atoms with E-state index < -0.39 is 30.2 Å². The van der Waals surface area contributed by atoms with Crippen molar-refractivity contribution in [3.63, 3.8) is 0 Å². The van der Waals surface area contributed by atoms with E-state index in [4.69, 9.17) is 4.74 Å². The molecule has 0 spiro atoms. The van der Waals surface area contributed by atoms with Crippen molar-refractivity contribution < 1.29 is 28.3 Å². The maximum atomic E-state index is 13.0. The Bertz CT molecular complexity index is 1020. The van der Waals surface area contributed by atoms with E-state index in [1.807, 2.05) is 12.2 Å². The van der Waals surface area contributed by atoms with Gasteiger partial charge in [-0.2, -0.15) is 0 Å². The van der Waals surface area contributed by atoms with Crippen molar-refractivity contribution in [2.45, 2.75) is 12.8 Å². The predicted molar refractivity (Wildman–Crippen MR) is 104 cm³/mol. The molecular weight excluding hydrogens is 389 g/mol. The SMILES string of the molecule is O=C(CN1C(=O)[C@H]2CC=CC[C@H]2C1=O)Oc1ccc(C(=O)c2ccc(F)cc2)cc1. The van der Waals surface area contributed by atoms with E-state index in [-0.39, 0.29) is 23.3 Å². The lowest BCUT2D eigenvalue weighted by Crippen LogP contribution is -2.37. The third-order valence-corrected chi connectivity index (χ3v) is 5.34. The summed E-state index contributed by atoms with van der Waals surface area (Å²) in [5.74, 6) is -2.75. The Morgan fingerprint density at radius 1 is 0.867 bits per heavy atom. The molecule has 0 saturated carbocycles. The monoisotopic (exact) mass is 407 g/mol. The highest BCUT2D eigenvalue weighted by Gasteiger charge is 2.47. The zero-order valence-electron chi connectivity index (χ0n) is 15.9. The number of hydrogen-bond acceptors (Lipinski definition) is 5. The van der Waals surface area contributed by atoms with Gasteiger partial charge in [0.15, 0.2) is 5.78 Å². The van der Waals surface area contributed by atoms with Gasteiger partial charge in [0.2, 0.25) is 11.8 Å². The number of carbonyl (C=O) groups is 4. The molecular formula is C23H18FNO5. The second-order valence-electron chi connectivity index (χ2n) is 7.25. The first kappa shape index (κ1) is 19.7. The molecule has 0 radical (unpaired) electrons. The zero-order chi connectivity index (χ0) is 21.3. The highest BCUT2D eigenvalue weighted by molar-refractivity contribution is 6.09. The molecule has 6 nitrogen and oxygen atoms in total. The molecule has 1 aliphatic heterocycles. The molecule has 152 valence electrons. The first-order chi connectivity index (χ1) is 14.4. The van der Waals surface area contributed by atoms with E-state index in [1.54, 1.807) is 0 Å². The van der Waals surface area contributed by atoms with Gasteiger partial charge in [0.05, 0.1) is 11.8 Å². The number of allylic oxidation sites excluding steroid dienone is 2. The zero-order valence-corrected chi connectivity index (χ0v) is 15.9. The molecule has 4 rings (SSSR count). The third-order valence-electron chi connectivity index (χ3n) is 5.34. The molecule has 2 aromatic rings. The summed E-state index contributed by atoms with van der Waals surface area (Å²) in [6.07, 6.45) is 4.76. The van der Waals surface area contributed by atoms with Gasteiger partial charge in [-0.15, -0.1) is 0 Å². The van der Waals surface area contributed by atoms with Crippen molar-refractivity contribution in [1.82, 2.24) is 4.90 Å². The summed E-state index contributed by atoms with van der Waals surface area (Å²) in [5, 5.41) is 0. The van der Waals surface area contributed by atoms with Gasteiger partial charge < -0.3 is 4.74 Å². The predicted octanol–water partition coefficient (Wildman–Crippen LogP) is 2.91. The van der Waals surface area contributed by atoms with Crippen LogP contribution in [0.3, 0.4) is 0 Å². The fraction of sp³-hybridized carbons (Fsp3) is 0.217. The van der Waals surface area contributed by atoms with Crippen molar-refractivity contribution in [3.05, 3.63) is 77.6 Å². The molecule has 2 atom stereocenters. The Morgan fingerprint density at radius 2 is 1.37 bits per heavy atom. The Hall–Kier alpha value is -3.61. The third kappa shape index (κ3) is 3.78. The summed E-state index contributed by atoms with van der Waals surface area (Å²) < 4.78 is 18.2. The molecule has 1 heterocycles. The van der Waals surface area contributed by atoms with Crippen molar-refractivity contribution in [2.75, 3.05) is 6.54 Å². The molecule has 0 unspecified atom stereocenters. The number of esters is 1. The van der Waals surface area contributed by atoms with E-state index in [2.05, 4.69) is 0 Å². The highest BCUT2D eigenvalue weighted by Crippen LogP contribution is 2.34. The molecule has 0 N–H and O–H groups in total. The number of likely N-dealkylation sites (tertiary alicyclic amines) is 1. The van der Waals surface area contributed by atoms with E-state index >= 15 is 0 Å². The molecule has 2 amide bonds. The first-order valence-electron chi connectivity index (χ1n) is 9.55. The molecule has 2 aromatic carbocycles. The largest absolute Gasteiger partial charge is 0.425 e. The summed E-state index contributed by atoms with van der Waals surface area (Å²) in [5.41, 5.74) is 0.686. The van der Waals surface area contributed by atoms with Crippen LogP contribution in [0, 0.1) is 17.7 Å². The Balaban J connectivity index is 1.38. The Kier molecular flexibility index (Phi) is 5.27. The lowest BCUT2D eigenvalue weighted by atomic mass is 9.85. The fourth-order valence-corrected chi connectivity index (χ4v) is 3.76. The van der Waals surface area contributed by atoms with Crippen LogP contribution in [0.4, 0.5) is 4.39 Å². The van der Waals surface area contributed by atoms with Crippen LogP contribution in [0.1, 0.15) is 28.8 Å². The van der Waals surface area contributed by atoms with E-state index in [9.17, 15) is 23.6 Å². The summed E-state index contributed by atoms with van der Waals surface area (Å²) in [4.78, 5) is 50.5. The van der Waals surface area contributed by atoms with Gasteiger partial charge in [0.25, 0.3) is 0 Å². The maximum absolute atomic E-state index is 13.0. The lowest BCUT2D eigenvalue weighted by molar-refractivity contribution is -0.148. The van der Waals surface area contributed by atoms with E-state index in [1.165, 1.54) is 48.5 Å². The van der Waals surface area contributed by atoms with Crippen LogP contribution in [0.25, 0.3) is 0 Å². The number of fused-ring (bicyclic) bond motifs is 1. The van der Waals surface area contributed by atoms with Crippen molar-refractivity contribution in [2.24, 2.45) is 11.8 Å². The molecule has 7 heteroatoms. The van der Waals surface area contributed by atoms with Gasteiger partial charge >= 0.3 is 5.97 Å². The van der Waals surface area contributed by atoms with E-state index in [0.717, 1.165) is 4.90 Å². The number of imide groups is 1. The minimum Gasteiger partial charge on any atom is -0.425 e. The Morgan fingerprint density at radius 3 is 1.90 bits per heavy atom. The summed E-state index contributed by atoms with van der Waals surface area (Å²) >= 11 is 0. The average Bonchev–Trinajstić information content (AvgIpc) is 2.99. The molecule has 1 saturated heterocycles. The van der Waals surface area contributed by atoms with Crippen LogP contribution in [0.2, 0.25) is 0 Å². The number of halogens is 1. The summed E-state index contributed by atoms with van der Waals surface area (Å²) in [7, 11) is 0. The van der Waals surface area contributed by atoms with Gasteiger partial charge in [0, 0.05) is 11.1 Å². The molecule has 0 aromatic heterocycles. The van der Waals surface area contributed by atoms with Gasteiger partial charge in [-0.05, 0) is 61.4 Å². The number of ketones is 1. The van der Waals surface area contributed by atoms with Crippen LogP contribution >= 0.6 is 0 Å². The molecule has 0 bridgehead atoms. The Labute approximate surface area is 171 Å². The smallest absolute Gasteiger partial charge is 0.331 e. The van der Waals surface area contributed by atoms with Crippen LogP contribution < -0.4 is 4.74 Å². The van der Waals surface area contributed by atoms with Crippen molar-refractivity contribution in [3.8, 4) is 5.75 Å². The normalized spacial score (nSPS) is 20.2. The van der Waals surface area contributed by atoms with Crippen LogP contribution in [0.15, 0.2) is 60.7 Å². The van der Waals surface area contributed by atoms with Gasteiger partial charge in [-0.1, -0.05) is 12.2 Å². The minimum atomic E-state index is -0.735. The second-order valence-corrected chi connectivity index (χ2v) is 7.25. The molecule has 30 heavy (non-hydrogen) atoms. The van der Waals surface area contributed by atoms with Crippen LogP contribution in [0.5, 0.6) is 5.75 Å². The number of amides is 2.